The van der Waals surface area contributed by atoms with Crippen molar-refractivity contribution >= 4 is 17.6 Å². The molecule has 1 fully saturated rings. The molecule has 0 radical (unpaired) electrons. The van der Waals surface area contributed by atoms with Gasteiger partial charge in [0.2, 0.25) is 11.8 Å². The van der Waals surface area contributed by atoms with Gasteiger partial charge in [-0.1, -0.05) is 19.0 Å². The molecule has 0 aromatic carbocycles. The molecule has 7 heteroatoms. The number of hydrogen-bond acceptors (Lipinski definition) is 4. The Kier molecular flexibility index (Phi) is 5.57. The lowest BCUT2D eigenvalue weighted by atomic mass is 9.61. The molecule has 0 unspecified atom stereocenters. The molecule has 0 aromatic heterocycles. The number of oxime groups is 1. The zero-order valence-electron chi connectivity index (χ0n) is 13.3. The highest BCUT2D eigenvalue weighted by atomic mass is 16.4. The van der Waals surface area contributed by atoms with E-state index in [9.17, 15) is 9.59 Å². The van der Waals surface area contributed by atoms with Gasteiger partial charge in [-0.15, -0.1) is 0 Å². The zero-order chi connectivity index (χ0) is 16.2. The van der Waals surface area contributed by atoms with Crippen LogP contribution in [0.5, 0.6) is 0 Å². The molecule has 1 aliphatic carbocycles. The number of likely N-dealkylation sites (N-methyl/N-ethyl adjacent to an activating group) is 1. The molecule has 0 bridgehead atoms. The first-order chi connectivity index (χ1) is 9.78. The zero-order valence-corrected chi connectivity index (χ0v) is 13.3. The predicted molar refractivity (Wildman–Crippen MR) is 79.8 cm³/mol. The number of amidine groups is 1. The molecule has 1 saturated carbocycles. The molecule has 0 atom stereocenters. The molecular weight excluding hydrogens is 272 g/mol. The molecule has 0 heterocycles. The number of nitrogens with two attached hydrogens (primary N) is 1. The van der Waals surface area contributed by atoms with Crippen molar-refractivity contribution in [2.45, 2.75) is 33.1 Å². The van der Waals surface area contributed by atoms with Gasteiger partial charge in [0, 0.05) is 20.6 Å². The van der Waals surface area contributed by atoms with Crippen molar-refractivity contribution in [1.29, 1.82) is 0 Å². The normalized spacial score (nSPS) is 25.1. The van der Waals surface area contributed by atoms with Crippen LogP contribution in [0.25, 0.3) is 0 Å². The van der Waals surface area contributed by atoms with E-state index in [2.05, 4.69) is 5.16 Å². The summed E-state index contributed by atoms with van der Waals surface area (Å²) in [5.41, 5.74) is 4.81. The Bertz CT molecular complexity index is 428. The summed E-state index contributed by atoms with van der Waals surface area (Å²) in [6, 6.07) is 0. The number of hydrogen-bond donors (Lipinski definition) is 2. The average molecular weight is 298 g/mol. The van der Waals surface area contributed by atoms with Crippen molar-refractivity contribution in [3.63, 3.8) is 0 Å². The maximum absolute atomic E-state index is 12.8. The molecule has 1 aliphatic rings. The number of carbonyl (C=O) groups is 2. The summed E-state index contributed by atoms with van der Waals surface area (Å²) in [5.74, 6) is -0.0573. The second-order valence-corrected chi connectivity index (χ2v) is 6.10. The van der Waals surface area contributed by atoms with Gasteiger partial charge >= 0.3 is 0 Å². The molecular formula is C14H26N4O3. The molecule has 0 spiro atoms. The minimum Gasteiger partial charge on any atom is -0.409 e. The molecule has 7 nitrogen and oxygen atoms in total. The fourth-order valence-electron chi connectivity index (χ4n) is 2.85. The van der Waals surface area contributed by atoms with Crippen LogP contribution >= 0.6 is 0 Å². The summed E-state index contributed by atoms with van der Waals surface area (Å²) in [6.45, 7) is 4.47. The summed E-state index contributed by atoms with van der Waals surface area (Å²) < 4.78 is 0. The lowest BCUT2D eigenvalue weighted by Gasteiger charge is -2.46. The van der Waals surface area contributed by atoms with Crippen LogP contribution in [0.1, 0.15) is 33.1 Å². The molecule has 120 valence electrons. The lowest BCUT2D eigenvalue weighted by molar-refractivity contribution is -0.148. The van der Waals surface area contributed by atoms with E-state index in [1.54, 1.807) is 14.1 Å². The molecule has 0 aliphatic heterocycles. The molecule has 3 N–H and O–H groups in total. The predicted octanol–water partition coefficient (Wildman–Crippen LogP) is 0.476. The number of nitrogens with zero attached hydrogens (tertiary/aromatic N) is 3. The largest absolute Gasteiger partial charge is 0.409 e. The Labute approximate surface area is 125 Å². The summed E-state index contributed by atoms with van der Waals surface area (Å²) in [6.07, 6.45) is 1.85. The monoisotopic (exact) mass is 298 g/mol. The maximum atomic E-state index is 12.8. The quantitative estimate of drug-likeness (QED) is 0.322. The van der Waals surface area contributed by atoms with E-state index in [1.165, 1.54) is 9.80 Å². The third kappa shape index (κ3) is 3.46. The smallest absolute Gasteiger partial charge is 0.241 e. The summed E-state index contributed by atoms with van der Waals surface area (Å²) in [5, 5.41) is 12.0. The van der Waals surface area contributed by atoms with E-state index < -0.39 is 5.41 Å². The molecule has 1 rings (SSSR count). The van der Waals surface area contributed by atoms with Gasteiger partial charge in [-0.3, -0.25) is 9.59 Å². The van der Waals surface area contributed by atoms with Crippen LogP contribution in [0.4, 0.5) is 0 Å². The summed E-state index contributed by atoms with van der Waals surface area (Å²) in [7, 11) is 3.31. The molecule has 0 saturated heterocycles. The topological polar surface area (TPSA) is 99.2 Å². The van der Waals surface area contributed by atoms with Crippen LogP contribution in [0, 0.1) is 11.3 Å². The van der Waals surface area contributed by atoms with Crippen LogP contribution < -0.4 is 5.73 Å². The standard InChI is InChI=1S/C14H26N4O3/c1-5-6-18(9-11(19)17(3)4)13(20)14(12(15)16-21)7-10(2)8-14/h10,21H,5-9H2,1-4H3,(H2,15,16). The fourth-order valence-corrected chi connectivity index (χ4v) is 2.85. The first kappa shape index (κ1) is 17.3. The van der Waals surface area contributed by atoms with Crippen molar-refractivity contribution < 1.29 is 14.8 Å². The Morgan fingerprint density at radius 1 is 1.38 bits per heavy atom. The number of carbonyl (C=O) groups excluding carboxylic acids is 2. The van der Waals surface area contributed by atoms with E-state index in [4.69, 9.17) is 10.9 Å². The SMILES string of the molecule is CCCN(CC(=O)N(C)C)C(=O)C1(C(N)=NO)CC(C)C1. The highest BCUT2D eigenvalue weighted by Gasteiger charge is 2.53. The van der Waals surface area contributed by atoms with Crippen molar-refractivity contribution in [2.75, 3.05) is 27.2 Å². The van der Waals surface area contributed by atoms with E-state index in [0.717, 1.165) is 6.42 Å². The van der Waals surface area contributed by atoms with Gasteiger partial charge in [0.05, 0.1) is 6.54 Å². The summed E-state index contributed by atoms with van der Waals surface area (Å²) in [4.78, 5) is 27.7. The Morgan fingerprint density at radius 3 is 2.33 bits per heavy atom. The van der Waals surface area contributed by atoms with Crippen molar-refractivity contribution in [3.8, 4) is 0 Å². The van der Waals surface area contributed by atoms with Crippen LogP contribution in [0.3, 0.4) is 0 Å². The van der Waals surface area contributed by atoms with Gasteiger partial charge < -0.3 is 20.7 Å². The third-order valence-corrected chi connectivity index (χ3v) is 4.01. The Hall–Kier alpha value is -1.79. The second kappa shape index (κ2) is 6.78. The van der Waals surface area contributed by atoms with E-state index in [1.807, 2.05) is 13.8 Å². The molecule has 2 amide bonds. The van der Waals surface area contributed by atoms with Crippen LogP contribution in [-0.4, -0.2) is 59.8 Å². The van der Waals surface area contributed by atoms with Gasteiger partial charge in [0.25, 0.3) is 0 Å². The fraction of sp³-hybridized carbons (Fsp3) is 0.786. The van der Waals surface area contributed by atoms with Crippen molar-refractivity contribution in [2.24, 2.45) is 22.2 Å². The molecule has 21 heavy (non-hydrogen) atoms. The third-order valence-electron chi connectivity index (χ3n) is 4.01. The van der Waals surface area contributed by atoms with Gasteiger partial charge in [-0.25, -0.2) is 0 Å². The van der Waals surface area contributed by atoms with Gasteiger partial charge in [-0.05, 0) is 25.2 Å². The van der Waals surface area contributed by atoms with Crippen LogP contribution in [-0.2, 0) is 9.59 Å². The number of rotatable bonds is 6. The maximum Gasteiger partial charge on any atom is 0.241 e. The van der Waals surface area contributed by atoms with Gasteiger partial charge in [0.1, 0.15) is 5.41 Å². The minimum absolute atomic E-state index is 0.0223. The minimum atomic E-state index is -0.948. The van der Waals surface area contributed by atoms with Crippen molar-refractivity contribution in [3.05, 3.63) is 0 Å². The van der Waals surface area contributed by atoms with Crippen LogP contribution in [0.15, 0.2) is 5.16 Å². The first-order valence-electron chi connectivity index (χ1n) is 7.26. The summed E-state index contributed by atoms with van der Waals surface area (Å²) >= 11 is 0. The van der Waals surface area contributed by atoms with Gasteiger partial charge in [0.15, 0.2) is 5.84 Å². The lowest BCUT2D eigenvalue weighted by Crippen LogP contribution is -2.58. The Morgan fingerprint density at radius 2 is 1.95 bits per heavy atom. The van der Waals surface area contributed by atoms with Gasteiger partial charge in [-0.2, -0.15) is 0 Å². The number of amides is 2. The van der Waals surface area contributed by atoms with Crippen molar-refractivity contribution in [1.82, 2.24) is 9.80 Å². The van der Waals surface area contributed by atoms with E-state index in [-0.39, 0.29) is 24.2 Å². The second-order valence-electron chi connectivity index (χ2n) is 6.10. The molecule has 0 aromatic rings. The van der Waals surface area contributed by atoms with E-state index in [0.29, 0.717) is 25.3 Å². The average Bonchev–Trinajstić information content (AvgIpc) is 2.41. The Balaban J connectivity index is 2.95. The van der Waals surface area contributed by atoms with Crippen LogP contribution in [0.2, 0.25) is 0 Å². The first-order valence-corrected chi connectivity index (χ1v) is 7.26. The van der Waals surface area contributed by atoms with E-state index >= 15 is 0 Å². The highest BCUT2D eigenvalue weighted by molar-refractivity contribution is 6.08. The highest BCUT2D eigenvalue weighted by Crippen LogP contribution is 2.47.